The molecule has 0 saturated carbocycles. The number of phosphoric ester groups is 1. The third kappa shape index (κ3) is 4.22. The number of ether oxygens (including phenoxy) is 1. The Morgan fingerprint density at radius 3 is 3.03 bits per heavy atom. The quantitative estimate of drug-likeness (QED) is 0.432. The third-order valence-corrected chi connectivity index (χ3v) is 6.50. The summed E-state index contributed by atoms with van der Waals surface area (Å²) in [7, 11) is -4.33. The Bertz CT molecular complexity index is 1250. The molecule has 1 saturated heterocycles. The molecular formula is C17H17ClFN2O8PS. The fourth-order valence-corrected chi connectivity index (χ4v) is 4.64. The number of phosphoric acid groups is 1. The zero-order valence-electron chi connectivity index (χ0n) is 16.8. The first-order valence-electron chi connectivity index (χ1n) is 9.32. The molecule has 5 atom stereocenters. The van der Waals surface area contributed by atoms with E-state index in [-0.39, 0.29) is 22.7 Å². The summed E-state index contributed by atoms with van der Waals surface area (Å²) >= 11 is 10.8. The van der Waals surface area contributed by atoms with Gasteiger partial charge in [0.2, 0.25) is 0 Å². The minimum absolute atomic E-state index is 0.0929. The van der Waals surface area contributed by atoms with E-state index >= 15 is 4.39 Å². The lowest BCUT2D eigenvalue weighted by molar-refractivity contribution is -0.205. The zero-order valence-corrected chi connectivity index (χ0v) is 18.2. The van der Waals surface area contributed by atoms with E-state index in [2.05, 4.69) is 4.98 Å². The van der Waals surface area contributed by atoms with Crippen LogP contribution in [-0.2, 0) is 25.0 Å². The molecule has 1 fully saturated rings. The molecule has 14 heteroatoms. The maximum atomic E-state index is 15.5. The van der Waals surface area contributed by atoms with E-state index < -0.39 is 44.3 Å². The van der Waals surface area contributed by atoms with Crippen molar-refractivity contribution in [2.45, 2.75) is 37.8 Å². The van der Waals surface area contributed by atoms with E-state index in [1.54, 1.807) is 0 Å². The van der Waals surface area contributed by atoms with Gasteiger partial charge in [-0.3, -0.25) is 23.4 Å². The average molecular weight is 496 g/mol. The number of aryl methyl sites for hydroxylation is 1. The molecule has 0 spiro atoms. The van der Waals surface area contributed by atoms with Crippen molar-refractivity contribution in [3.05, 3.63) is 55.7 Å². The summed E-state index contributed by atoms with van der Waals surface area (Å²) in [5.41, 5.74) is 0.0300. The van der Waals surface area contributed by atoms with Crippen LogP contribution in [0.2, 0.25) is 5.02 Å². The molecule has 168 valence electrons. The molecule has 10 nitrogen and oxygen atoms in total. The number of hydrogen-bond acceptors (Lipinski definition) is 9. The maximum absolute atomic E-state index is 15.5. The normalized spacial score (nSPS) is 35.3. The summed E-state index contributed by atoms with van der Waals surface area (Å²) in [5.74, 6) is -3.06. The first-order chi connectivity index (χ1) is 14.9. The molecule has 0 amide bonds. The first kappa shape index (κ1) is 21.2. The van der Waals surface area contributed by atoms with Crippen molar-refractivity contribution in [3.8, 4) is 5.75 Å². The summed E-state index contributed by atoms with van der Waals surface area (Å²) in [6.45, 7) is -0.0279. The number of nitrogens with zero attached hydrogens (tertiary/aromatic N) is 1. The number of aliphatic hydroxyl groups excluding tert-OH is 2. The van der Waals surface area contributed by atoms with Crippen molar-refractivity contribution in [2.24, 2.45) is 0 Å². The Morgan fingerprint density at radius 1 is 1.55 bits per heavy atom. The molecular weight excluding hydrogens is 478 g/mol. The fourth-order valence-electron chi connectivity index (χ4n) is 2.98. The van der Waals surface area contributed by atoms with Crippen molar-refractivity contribution < 1.29 is 38.8 Å². The van der Waals surface area contributed by atoms with Gasteiger partial charge < -0.3 is 19.5 Å². The second kappa shape index (κ2) is 8.05. The number of hydrogen-bond donors (Lipinski definition) is 3. The van der Waals surface area contributed by atoms with Gasteiger partial charge in [-0.1, -0.05) is 11.6 Å². The summed E-state index contributed by atoms with van der Waals surface area (Å²) in [4.78, 5) is 14.0. The fraction of sp³-hybridized carbons (Fsp3) is 0.412. The Balaban J connectivity index is 1.56. The molecule has 1 aromatic carbocycles. The number of rotatable bonds is 4. The van der Waals surface area contributed by atoms with Crippen LogP contribution < -0.4 is 10.1 Å². The highest BCUT2D eigenvalue weighted by Crippen LogP contribution is 2.56. The van der Waals surface area contributed by atoms with Gasteiger partial charge in [-0.05, 0) is 37.3 Å². The van der Waals surface area contributed by atoms with E-state index in [1.165, 1.54) is 25.1 Å². The zero-order chi connectivity index (χ0) is 23.5. The predicted octanol–water partition coefficient (Wildman–Crippen LogP) is 2.52. The van der Waals surface area contributed by atoms with Crippen LogP contribution in [0.5, 0.6) is 5.75 Å². The van der Waals surface area contributed by atoms with Crippen LogP contribution >= 0.6 is 31.6 Å². The van der Waals surface area contributed by atoms with Crippen LogP contribution in [0.25, 0.3) is 0 Å². The molecule has 0 aliphatic carbocycles. The Morgan fingerprint density at radius 2 is 2.29 bits per heavy atom. The summed E-state index contributed by atoms with van der Waals surface area (Å²) in [6.07, 6.45) is -6.06. The standard InChI is InChI=1S/C17H17ClFN2O8PS/c1-8-5-21(16(31)20-14(8)24)15-12(22)13(23)17(19,28-15)7-27-30(25)26-6-9-4-10(18)2-3-11(9)29-30/h2-5,12-13,15,22-23H,6-7H2,1H3,(H,20,24,31)/t12-,13+,15-,17-,30?/m1/s1/i15D. The Labute approximate surface area is 186 Å². The van der Waals surface area contributed by atoms with E-state index in [1.807, 2.05) is 0 Å². The van der Waals surface area contributed by atoms with Gasteiger partial charge >= 0.3 is 7.82 Å². The number of nitrogens with one attached hydrogen (secondary N) is 1. The number of aromatic nitrogens is 2. The van der Waals surface area contributed by atoms with E-state index in [4.69, 9.17) is 43.5 Å². The van der Waals surface area contributed by atoms with Crippen LogP contribution in [0.4, 0.5) is 4.39 Å². The number of alkyl halides is 1. The topological polar surface area (TPSA) is 132 Å². The van der Waals surface area contributed by atoms with Crippen molar-refractivity contribution in [3.63, 3.8) is 0 Å². The molecule has 2 aromatic rings. The molecule has 1 unspecified atom stereocenters. The SMILES string of the molecule is [2H][C@@]1(n2cc(C)c(=O)[nH]c2=S)O[C@](F)(COP2(=O)OCc3cc(Cl)ccc3O2)[C@@H](O)[C@H]1O. The van der Waals surface area contributed by atoms with Crippen molar-refractivity contribution in [2.75, 3.05) is 6.61 Å². The molecule has 2 aliphatic heterocycles. The van der Waals surface area contributed by atoms with Gasteiger partial charge in [0.15, 0.2) is 11.0 Å². The van der Waals surface area contributed by atoms with Gasteiger partial charge in [0.25, 0.3) is 11.4 Å². The minimum Gasteiger partial charge on any atom is -0.404 e. The number of benzene rings is 1. The summed E-state index contributed by atoms with van der Waals surface area (Å²) in [5, 5.41) is 21.1. The molecule has 0 radical (unpaired) electrons. The highest BCUT2D eigenvalue weighted by atomic mass is 35.5. The number of halogens is 2. The Hall–Kier alpha value is -1.63. The van der Waals surface area contributed by atoms with Gasteiger partial charge in [-0.15, -0.1) is 0 Å². The van der Waals surface area contributed by atoms with Gasteiger partial charge in [0.05, 0.1) is 7.98 Å². The summed E-state index contributed by atoms with van der Waals surface area (Å²) < 4.78 is 57.4. The lowest BCUT2D eigenvalue weighted by Gasteiger charge is -2.28. The average Bonchev–Trinajstić information content (AvgIpc) is 2.91. The lowest BCUT2D eigenvalue weighted by Crippen LogP contribution is -2.43. The smallest absolute Gasteiger partial charge is 0.404 e. The van der Waals surface area contributed by atoms with Crippen LogP contribution in [0.3, 0.4) is 0 Å². The lowest BCUT2D eigenvalue weighted by atomic mass is 10.1. The second-order valence-corrected chi connectivity index (χ2v) is 9.31. The van der Waals surface area contributed by atoms with E-state index in [9.17, 15) is 19.6 Å². The second-order valence-electron chi connectivity index (χ2n) is 6.89. The highest BCUT2D eigenvalue weighted by Gasteiger charge is 2.57. The molecule has 3 heterocycles. The molecule has 2 aliphatic rings. The van der Waals surface area contributed by atoms with Gasteiger partial charge in [-0.25, -0.2) is 8.96 Å². The maximum Gasteiger partial charge on any atom is 0.530 e. The third-order valence-electron chi connectivity index (χ3n) is 4.66. The van der Waals surface area contributed by atoms with Crippen LogP contribution in [0.15, 0.2) is 29.2 Å². The Kier molecular flexibility index (Phi) is 5.51. The predicted molar refractivity (Wildman–Crippen MR) is 107 cm³/mol. The van der Waals surface area contributed by atoms with Crippen molar-refractivity contribution in [1.82, 2.24) is 9.55 Å². The van der Waals surface area contributed by atoms with Crippen LogP contribution in [0, 0.1) is 11.7 Å². The largest absolute Gasteiger partial charge is 0.530 e. The number of fused-ring (bicyclic) bond motifs is 1. The number of aliphatic hydroxyl groups is 2. The van der Waals surface area contributed by atoms with Crippen molar-refractivity contribution in [1.29, 1.82) is 0 Å². The van der Waals surface area contributed by atoms with Crippen LogP contribution in [-0.4, -0.2) is 44.4 Å². The minimum atomic E-state index is -4.33. The summed E-state index contributed by atoms with van der Waals surface area (Å²) in [6, 6.07) is 4.44. The molecule has 31 heavy (non-hydrogen) atoms. The first-order valence-corrected chi connectivity index (χ1v) is 11.1. The molecule has 1 aromatic heterocycles. The van der Waals surface area contributed by atoms with Gasteiger partial charge in [0.1, 0.15) is 24.6 Å². The molecule has 4 rings (SSSR count). The molecule has 3 N–H and O–H groups in total. The van der Waals surface area contributed by atoms with Crippen LogP contribution in [0.1, 0.15) is 18.7 Å². The highest BCUT2D eigenvalue weighted by molar-refractivity contribution is 7.71. The van der Waals surface area contributed by atoms with Crippen molar-refractivity contribution >= 4 is 31.6 Å². The van der Waals surface area contributed by atoms with E-state index in [0.717, 1.165) is 10.8 Å². The van der Waals surface area contributed by atoms with Gasteiger partial charge in [0, 0.05) is 22.3 Å². The molecule has 0 bridgehead atoms. The number of aromatic amines is 1. The van der Waals surface area contributed by atoms with Gasteiger partial charge in [-0.2, -0.15) is 0 Å². The number of H-pyrrole nitrogens is 1. The monoisotopic (exact) mass is 495 g/mol. The van der Waals surface area contributed by atoms with E-state index in [0.29, 0.717) is 10.6 Å².